The first-order valence-corrected chi connectivity index (χ1v) is 12.7. The molecule has 0 bridgehead atoms. The molecule has 3 aromatic rings. The van der Waals surface area contributed by atoms with E-state index in [0.29, 0.717) is 17.3 Å². The minimum atomic E-state index is -3.65. The van der Waals surface area contributed by atoms with Crippen LogP contribution < -0.4 is 9.47 Å². The molecule has 1 atom stereocenters. The Kier molecular flexibility index (Phi) is 7.15. The van der Waals surface area contributed by atoms with Crippen molar-refractivity contribution in [2.45, 2.75) is 23.7 Å². The molecule has 1 fully saturated rings. The van der Waals surface area contributed by atoms with E-state index in [-0.39, 0.29) is 16.8 Å². The number of piperazine rings is 1. The second kappa shape index (κ2) is 10.1. The average molecular weight is 487 g/mol. The summed E-state index contributed by atoms with van der Waals surface area (Å²) >= 11 is 0. The molecule has 1 aliphatic heterocycles. The minimum absolute atomic E-state index is 0.238. The summed E-state index contributed by atoms with van der Waals surface area (Å²) in [6.07, 6.45) is 0. The molecule has 10 nitrogen and oxygen atoms in total. The molecule has 11 heteroatoms. The zero-order valence-electron chi connectivity index (χ0n) is 19.9. The Bertz CT molecular complexity index is 1220. The summed E-state index contributed by atoms with van der Waals surface area (Å²) in [5.41, 5.74) is 1.89. The highest BCUT2D eigenvalue weighted by molar-refractivity contribution is 7.90. The number of aromatic nitrogens is 4. The van der Waals surface area contributed by atoms with E-state index in [0.717, 1.165) is 37.3 Å². The Labute approximate surface area is 200 Å². The number of likely N-dealkylation sites (N-methyl/N-ethyl adjacent to an activating group) is 1. The largest absolute Gasteiger partial charge is 0.493 e. The van der Waals surface area contributed by atoms with Crippen LogP contribution in [-0.4, -0.2) is 85.9 Å². The van der Waals surface area contributed by atoms with Crippen LogP contribution in [0.15, 0.2) is 47.4 Å². The third kappa shape index (κ3) is 5.06. The van der Waals surface area contributed by atoms with Crippen molar-refractivity contribution in [1.29, 1.82) is 0 Å². The maximum Gasteiger partial charge on any atom is 0.198 e. The SMILES string of the molecule is COc1ccc(C(c2nnnn2CS(=O)(=O)c2ccc(C)cc2)N2CCN(C)CC2)cc1OC. The molecule has 182 valence electrons. The fourth-order valence-corrected chi connectivity index (χ4v) is 5.31. The molecule has 0 radical (unpaired) electrons. The summed E-state index contributed by atoms with van der Waals surface area (Å²) in [6, 6.07) is 12.1. The van der Waals surface area contributed by atoms with Crippen LogP contribution in [0.2, 0.25) is 0 Å². The lowest BCUT2D eigenvalue weighted by atomic mass is 10.0. The first-order chi connectivity index (χ1) is 16.3. The summed E-state index contributed by atoms with van der Waals surface area (Å²) in [5, 5.41) is 12.2. The molecule has 1 aliphatic rings. The van der Waals surface area contributed by atoms with E-state index in [9.17, 15) is 8.42 Å². The number of methoxy groups -OCH3 is 2. The van der Waals surface area contributed by atoms with E-state index < -0.39 is 9.84 Å². The average Bonchev–Trinajstić information content (AvgIpc) is 3.27. The molecule has 1 saturated heterocycles. The molecule has 0 N–H and O–H groups in total. The number of rotatable bonds is 8. The molecule has 1 unspecified atom stereocenters. The topological polar surface area (TPSA) is 103 Å². The highest BCUT2D eigenvalue weighted by Gasteiger charge is 2.32. The summed E-state index contributed by atoms with van der Waals surface area (Å²) < 4.78 is 38.6. The molecular weight excluding hydrogens is 456 g/mol. The van der Waals surface area contributed by atoms with Gasteiger partial charge < -0.3 is 14.4 Å². The van der Waals surface area contributed by atoms with Crippen LogP contribution in [0.4, 0.5) is 0 Å². The maximum absolute atomic E-state index is 13.2. The molecule has 0 amide bonds. The van der Waals surface area contributed by atoms with Crippen molar-refractivity contribution >= 4 is 9.84 Å². The van der Waals surface area contributed by atoms with E-state index in [1.54, 1.807) is 38.5 Å². The third-order valence-corrected chi connectivity index (χ3v) is 7.68. The predicted octanol–water partition coefficient (Wildman–Crippen LogP) is 1.77. The van der Waals surface area contributed by atoms with Crippen LogP contribution in [-0.2, 0) is 15.7 Å². The summed E-state index contributed by atoms with van der Waals surface area (Å²) in [5.74, 6) is 1.32. The van der Waals surface area contributed by atoms with Gasteiger partial charge in [-0.25, -0.2) is 13.1 Å². The molecule has 0 aliphatic carbocycles. The Morgan fingerprint density at radius 2 is 1.65 bits per heavy atom. The van der Waals surface area contributed by atoms with E-state index in [4.69, 9.17) is 9.47 Å². The highest BCUT2D eigenvalue weighted by atomic mass is 32.2. The van der Waals surface area contributed by atoms with Crippen LogP contribution in [0, 0.1) is 6.92 Å². The van der Waals surface area contributed by atoms with Gasteiger partial charge in [0.2, 0.25) is 0 Å². The van der Waals surface area contributed by atoms with Gasteiger partial charge in [0.1, 0.15) is 0 Å². The summed E-state index contributed by atoms with van der Waals surface area (Å²) in [6.45, 7) is 5.25. The quantitative estimate of drug-likeness (QED) is 0.471. The van der Waals surface area contributed by atoms with E-state index in [2.05, 4.69) is 32.4 Å². The number of benzene rings is 2. The van der Waals surface area contributed by atoms with Gasteiger partial charge in [-0.3, -0.25) is 4.90 Å². The lowest BCUT2D eigenvalue weighted by Crippen LogP contribution is -2.46. The smallest absolute Gasteiger partial charge is 0.198 e. The molecule has 2 aromatic carbocycles. The van der Waals surface area contributed by atoms with Crippen molar-refractivity contribution < 1.29 is 17.9 Å². The van der Waals surface area contributed by atoms with Crippen molar-refractivity contribution in [2.75, 3.05) is 47.4 Å². The maximum atomic E-state index is 13.2. The summed E-state index contributed by atoms with van der Waals surface area (Å²) in [7, 11) is 1.61. The van der Waals surface area contributed by atoms with E-state index >= 15 is 0 Å². The first-order valence-electron chi connectivity index (χ1n) is 11.0. The van der Waals surface area contributed by atoms with Gasteiger partial charge in [0.05, 0.1) is 25.2 Å². The second-order valence-corrected chi connectivity index (χ2v) is 10.4. The molecule has 34 heavy (non-hydrogen) atoms. The van der Waals surface area contributed by atoms with Gasteiger partial charge in [0.15, 0.2) is 33.0 Å². The van der Waals surface area contributed by atoms with Crippen LogP contribution >= 0.6 is 0 Å². The first kappa shape index (κ1) is 24.1. The number of ether oxygens (including phenoxy) is 2. The Morgan fingerprint density at radius 1 is 0.971 bits per heavy atom. The van der Waals surface area contributed by atoms with Gasteiger partial charge in [0, 0.05) is 26.2 Å². The monoisotopic (exact) mass is 486 g/mol. The van der Waals surface area contributed by atoms with Crippen LogP contribution in [0.25, 0.3) is 0 Å². The molecule has 0 saturated carbocycles. The standard InChI is InChI=1S/C23H30N6O4S/c1-17-5-8-19(9-6-17)34(30,31)16-29-23(24-25-26-29)22(28-13-11-27(2)12-14-28)18-7-10-20(32-3)21(15-18)33-4/h5-10,15,22H,11-14,16H2,1-4H3. The number of aryl methyl sites for hydroxylation is 1. The Hall–Kier alpha value is -3.02. The van der Waals surface area contributed by atoms with Crippen LogP contribution in [0.5, 0.6) is 11.5 Å². The number of nitrogens with zero attached hydrogens (tertiary/aromatic N) is 6. The summed E-state index contributed by atoms with van der Waals surface area (Å²) in [4.78, 5) is 4.76. The highest BCUT2D eigenvalue weighted by Crippen LogP contribution is 2.35. The zero-order chi connectivity index (χ0) is 24.3. The molecule has 4 rings (SSSR count). The van der Waals surface area contributed by atoms with Crippen molar-refractivity contribution in [3.63, 3.8) is 0 Å². The van der Waals surface area contributed by atoms with E-state index in [1.807, 2.05) is 25.1 Å². The van der Waals surface area contributed by atoms with Gasteiger partial charge in [-0.2, -0.15) is 0 Å². The Balaban J connectivity index is 1.73. The van der Waals surface area contributed by atoms with Crippen molar-refractivity contribution in [3.8, 4) is 11.5 Å². The fourth-order valence-electron chi connectivity index (χ4n) is 4.11. The molecule has 1 aromatic heterocycles. The minimum Gasteiger partial charge on any atom is -0.493 e. The number of hydrogen-bond acceptors (Lipinski definition) is 9. The van der Waals surface area contributed by atoms with Crippen molar-refractivity contribution in [2.24, 2.45) is 0 Å². The fraction of sp³-hybridized carbons (Fsp3) is 0.435. The van der Waals surface area contributed by atoms with Crippen molar-refractivity contribution in [3.05, 3.63) is 59.4 Å². The van der Waals surface area contributed by atoms with Gasteiger partial charge in [-0.05, 0) is 54.2 Å². The van der Waals surface area contributed by atoms with Crippen molar-refractivity contribution in [1.82, 2.24) is 30.0 Å². The van der Waals surface area contributed by atoms with Gasteiger partial charge >= 0.3 is 0 Å². The molecular formula is C23H30N6O4S. The zero-order valence-corrected chi connectivity index (χ0v) is 20.7. The second-order valence-electron chi connectivity index (χ2n) is 8.45. The van der Waals surface area contributed by atoms with Crippen LogP contribution in [0.3, 0.4) is 0 Å². The van der Waals surface area contributed by atoms with Crippen LogP contribution in [0.1, 0.15) is 23.0 Å². The molecule has 2 heterocycles. The third-order valence-electron chi connectivity index (χ3n) is 6.10. The van der Waals surface area contributed by atoms with Gasteiger partial charge in [0.25, 0.3) is 0 Å². The van der Waals surface area contributed by atoms with Gasteiger partial charge in [-0.15, -0.1) is 5.10 Å². The molecule has 0 spiro atoms. The Morgan fingerprint density at radius 3 is 2.29 bits per heavy atom. The number of tetrazole rings is 1. The van der Waals surface area contributed by atoms with E-state index in [1.165, 1.54) is 4.68 Å². The predicted molar refractivity (Wildman–Crippen MR) is 127 cm³/mol. The number of hydrogen-bond donors (Lipinski definition) is 0. The van der Waals surface area contributed by atoms with Gasteiger partial charge in [-0.1, -0.05) is 23.8 Å². The lowest BCUT2D eigenvalue weighted by molar-refractivity contribution is 0.122. The normalized spacial score (nSPS) is 16.4. The lowest BCUT2D eigenvalue weighted by Gasteiger charge is -2.37. The number of sulfone groups is 1.